The Morgan fingerprint density at radius 3 is 2.15 bits per heavy atom. The molecule has 1 unspecified atom stereocenters. The zero-order chi connectivity index (χ0) is 19.0. The van der Waals surface area contributed by atoms with Gasteiger partial charge in [0.15, 0.2) is 5.82 Å². The van der Waals surface area contributed by atoms with E-state index >= 15 is 0 Å². The smallest absolute Gasteiger partial charge is 0.262 e. The van der Waals surface area contributed by atoms with Crippen LogP contribution in [0.5, 0.6) is 0 Å². The Kier molecular flexibility index (Phi) is 4.04. The van der Waals surface area contributed by atoms with Crippen LogP contribution in [0.4, 0.5) is 5.82 Å². The molecular weight excluding hydrogens is 344 g/mol. The summed E-state index contributed by atoms with van der Waals surface area (Å²) in [6.45, 7) is 1.52. The van der Waals surface area contributed by atoms with E-state index in [9.17, 15) is 14.4 Å². The Bertz CT molecular complexity index is 1010. The highest BCUT2D eigenvalue weighted by Gasteiger charge is 2.40. The van der Waals surface area contributed by atoms with Crippen molar-refractivity contribution >= 4 is 23.5 Å². The van der Waals surface area contributed by atoms with E-state index in [-0.39, 0.29) is 0 Å². The number of nitrogens with one attached hydrogen (secondary N) is 1. The number of amides is 3. The van der Waals surface area contributed by atoms with Crippen molar-refractivity contribution in [3.8, 4) is 5.69 Å². The molecule has 1 N–H and O–H groups in total. The Labute approximate surface area is 155 Å². The third kappa shape index (κ3) is 2.89. The van der Waals surface area contributed by atoms with Gasteiger partial charge in [-0.15, -0.1) is 0 Å². The number of hydrogen-bond donors (Lipinski definition) is 1. The molecule has 2 heterocycles. The zero-order valence-corrected chi connectivity index (χ0v) is 14.5. The van der Waals surface area contributed by atoms with Gasteiger partial charge in [-0.2, -0.15) is 5.10 Å². The van der Waals surface area contributed by atoms with Crippen LogP contribution >= 0.6 is 0 Å². The predicted octanol–water partition coefficient (Wildman–Crippen LogP) is 2.50. The number of carbonyl (C=O) groups excluding carboxylic acids is 3. The van der Waals surface area contributed by atoms with Crippen LogP contribution in [0.25, 0.3) is 5.69 Å². The van der Waals surface area contributed by atoms with Crippen LogP contribution in [0.2, 0.25) is 0 Å². The van der Waals surface area contributed by atoms with Gasteiger partial charge in [-0.05, 0) is 31.2 Å². The van der Waals surface area contributed by atoms with Gasteiger partial charge in [0.25, 0.3) is 11.8 Å². The summed E-state index contributed by atoms with van der Waals surface area (Å²) in [5.41, 5.74) is 1.48. The molecule has 7 heteroatoms. The average Bonchev–Trinajstić information content (AvgIpc) is 3.26. The molecule has 4 rings (SSSR count). The summed E-state index contributed by atoms with van der Waals surface area (Å²) in [7, 11) is 0. The number of imide groups is 1. The lowest BCUT2D eigenvalue weighted by Crippen LogP contribution is -2.45. The SMILES string of the molecule is CC(C(=O)Nc1ccn(-c2ccccc2)n1)N1C(=O)c2ccccc2C1=O. The van der Waals surface area contributed by atoms with Crippen molar-refractivity contribution in [2.75, 3.05) is 5.32 Å². The Balaban J connectivity index is 1.50. The maximum absolute atomic E-state index is 12.6. The Morgan fingerprint density at radius 1 is 0.926 bits per heavy atom. The topological polar surface area (TPSA) is 84.3 Å². The average molecular weight is 360 g/mol. The first-order valence-electron chi connectivity index (χ1n) is 8.45. The number of aromatic nitrogens is 2. The van der Waals surface area contributed by atoms with Crippen molar-refractivity contribution in [3.05, 3.63) is 78.0 Å². The summed E-state index contributed by atoms with van der Waals surface area (Å²) in [6, 6.07) is 16.7. The number of carbonyl (C=O) groups is 3. The summed E-state index contributed by atoms with van der Waals surface area (Å²) >= 11 is 0. The van der Waals surface area contributed by atoms with E-state index in [1.54, 1.807) is 41.2 Å². The third-order valence-electron chi connectivity index (χ3n) is 4.45. The van der Waals surface area contributed by atoms with E-state index in [1.165, 1.54) is 6.92 Å². The number of hydrogen-bond acceptors (Lipinski definition) is 4. The summed E-state index contributed by atoms with van der Waals surface area (Å²) in [6.07, 6.45) is 1.72. The third-order valence-corrected chi connectivity index (χ3v) is 4.45. The fourth-order valence-corrected chi connectivity index (χ4v) is 3.02. The lowest BCUT2D eigenvalue weighted by atomic mass is 10.1. The minimum atomic E-state index is -0.959. The Morgan fingerprint density at radius 2 is 1.52 bits per heavy atom. The molecule has 2 aromatic carbocycles. The monoisotopic (exact) mass is 360 g/mol. The fraction of sp³-hybridized carbons (Fsp3) is 0.100. The normalized spacial score (nSPS) is 14.2. The van der Waals surface area contributed by atoms with Crippen LogP contribution in [0, 0.1) is 0 Å². The molecule has 134 valence electrons. The van der Waals surface area contributed by atoms with Gasteiger partial charge in [0, 0.05) is 12.3 Å². The van der Waals surface area contributed by atoms with Crippen LogP contribution < -0.4 is 5.32 Å². The number of rotatable bonds is 4. The van der Waals surface area contributed by atoms with Crippen LogP contribution in [0.15, 0.2) is 66.9 Å². The molecule has 27 heavy (non-hydrogen) atoms. The largest absolute Gasteiger partial charge is 0.307 e. The van der Waals surface area contributed by atoms with Gasteiger partial charge >= 0.3 is 0 Å². The van der Waals surface area contributed by atoms with E-state index in [1.807, 2.05) is 30.3 Å². The minimum absolute atomic E-state index is 0.315. The number of para-hydroxylation sites is 1. The molecule has 0 spiro atoms. The number of benzene rings is 2. The van der Waals surface area contributed by atoms with Gasteiger partial charge in [0.1, 0.15) is 6.04 Å². The molecule has 0 aliphatic carbocycles. The van der Waals surface area contributed by atoms with E-state index in [0.717, 1.165) is 10.6 Å². The van der Waals surface area contributed by atoms with Crippen LogP contribution in [0.3, 0.4) is 0 Å². The standard InChI is InChI=1S/C20H16N4O3/c1-13(24-19(26)15-9-5-6-10-16(15)20(24)27)18(25)21-17-11-12-23(22-17)14-7-3-2-4-8-14/h2-13H,1H3,(H,21,22,25). The maximum Gasteiger partial charge on any atom is 0.262 e. The highest BCUT2D eigenvalue weighted by Crippen LogP contribution is 2.24. The molecule has 0 radical (unpaired) electrons. The van der Waals surface area contributed by atoms with Crippen LogP contribution in [-0.2, 0) is 4.79 Å². The lowest BCUT2D eigenvalue weighted by Gasteiger charge is -2.21. The molecule has 0 saturated heterocycles. The van der Waals surface area contributed by atoms with Crippen molar-refractivity contribution in [2.24, 2.45) is 0 Å². The van der Waals surface area contributed by atoms with Gasteiger partial charge in [0.05, 0.1) is 16.8 Å². The molecule has 1 aromatic heterocycles. The molecular formula is C20H16N4O3. The molecule has 7 nitrogen and oxygen atoms in total. The second kappa shape index (κ2) is 6.53. The van der Waals surface area contributed by atoms with E-state index in [2.05, 4.69) is 10.4 Å². The van der Waals surface area contributed by atoms with Gasteiger partial charge in [-0.25, -0.2) is 4.68 Å². The number of anilines is 1. The lowest BCUT2D eigenvalue weighted by molar-refractivity contribution is -0.119. The van der Waals surface area contributed by atoms with Crippen molar-refractivity contribution in [1.29, 1.82) is 0 Å². The first kappa shape index (κ1) is 16.7. The summed E-state index contributed by atoms with van der Waals surface area (Å²) < 4.78 is 1.63. The first-order valence-corrected chi connectivity index (χ1v) is 8.45. The van der Waals surface area contributed by atoms with E-state index in [4.69, 9.17) is 0 Å². The van der Waals surface area contributed by atoms with E-state index in [0.29, 0.717) is 16.9 Å². The predicted molar refractivity (Wildman–Crippen MR) is 98.6 cm³/mol. The molecule has 1 atom stereocenters. The van der Waals surface area contributed by atoms with Crippen molar-refractivity contribution < 1.29 is 14.4 Å². The highest BCUT2D eigenvalue weighted by molar-refractivity contribution is 6.23. The maximum atomic E-state index is 12.6. The number of nitrogens with zero attached hydrogens (tertiary/aromatic N) is 3. The van der Waals surface area contributed by atoms with Gasteiger partial charge in [-0.1, -0.05) is 30.3 Å². The van der Waals surface area contributed by atoms with Gasteiger partial charge in [-0.3, -0.25) is 19.3 Å². The molecule has 0 bridgehead atoms. The molecule has 0 saturated carbocycles. The second-order valence-corrected chi connectivity index (χ2v) is 6.17. The van der Waals surface area contributed by atoms with Crippen molar-refractivity contribution in [1.82, 2.24) is 14.7 Å². The number of fused-ring (bicyclic) bond motifs is 1. The molecule has 1 aliphatic heterocycles. The van der Waals surface area contributed by atoms with Crippen molar-refractivity contribution in [3.63, 3.8) is 0 Å². The summed E-state index contributed by atoms with van der Waals surface area (Å²) in [5, 5.41) is 6.96. The first-order chi connectivity index (χ1) is 13.1. The summed E-state index contributed by atoms with van der Waals surface area (Å²) in [4.78, 5) is 38.6. The minimum Gasteiger partial charge on any atom is -0.307 e. The second-order valence-electron chi connectivity index (χ2n) is 6.17. The molecule has 3 amide bonds. The molecule has 1 aliphatic rings. The fourth-order valence-electron chi connectivity index (χ4n) is 3.02. The van der Waals surface area contributed by atoms with Gasteiger partial charge < -0.3 is 5.32 Å². The van der Waals surface area contributed by atoms with E-state index < -0.39 is 23.8 Å². The van der Waals surface area contributed by atoms with Crippen molar-refractivity contribution in [2.45, 2.75) is 13.0 Å². The van der Waals surface area contributed by atoms with Crippen LogP contribution in [-0.4, -0.2) is 38.4 Å². The quantitative estimate of drug-likeness (QED) is 0.725. The zero-order valence-electron chi connectivity index (χ0n) is 14.5. The molecule has 0 fully saturated rings. The summed E-state index contributed by atoms with van der Waals surface area (Å²) in [5.74, 6) is -1.07. The Hall–Kier alpha value is -3.74. The molecule has 3 aromatic rings. The van der Waals surface area contributed by atoms with Gasteiger partial charge in [0.2, 0.25) is 5.91 Å². The van der Waals surface area contributed by atoms with Crippen LogP contribution in [0.1, 0.15) is 27.6 Å². The highest BCUT2D eigenvalue weighted by atomic mass is 16.2.